The molecule has 0 amide bonds. The molecule has 0 aliphatic carbocycles. The Morgan fingerprint density at radius 1 is 1.07 bits per heavy atom. The minimum absolute atomic E-state index is 0.856. The Labute approximate surface area is 174 Å². The van der Waals surface area contributed by atoms with Crippen LogP contribution in [0.2, 0.25) is 0 Å². The van der Waals surface area contributed by atoms with Gasteiger partial charge in [0.2, 0.25) is 0 Å². The molecule has 1 heterocycles. The van der Waals surface area contributed by atoms with Crippen LogP contribution in [-0.2, 0) is 0 Å². The fourth-order valence-electron chi connectivity index (χ4n) is 3.03. The summed E-state index contributed by atoms with van der Waals surface area (Å²) >= 11 is 0. The van der Waals surface area contributed by atoms with E-state index in [-0.39, 0.29) is 0 Å². The van der Waals surface area contributed by atoms with Crippen LogP contribution < -0.4 is 9.64 Å². The van der Waals surface area contributed by atoms with Crippen molar-refractivity contribution in [3.05, 3.63) is 108 Å². The Bertz CT molecular complexity index is 992. The Kier molecular flexibility index (Phi) is 6.40. The molecule has 2 aromatic carbocycles. The van der Waals surface area contributed by atoms with Crippen LogP contribution in [-0.4, -0.2) is 26.1 Å². The van der Waals surface area contributed by atoms with Gasteiger partial charge in [-0.3, -0.25) is 0 Å². The van der Waals surface area contributed by atoms with Crippen molar-refractivity contribution in [2.75, 3.05) is 26.1 Å². The molecule has 3 rings (SSSR count). The molecule has 148 valence electrons. The number of nitrogens with zero attached hydrogens (tertiary/aromatic N) is 2. The Hall–Kier alpha value is -3.46. The largest absolute Gasteiger partial charge is 0.497 e. The van der Waals surface area contributed by atoms with Crippen molar-refractivity contribution in [1.82, 2.24) is 4.90 Å². The van der Waals surface area contributed by atoms with Gasteiger partial charge >= 0.3 is 0 Å². The van der Waals surface area contributed by atoms with E-state index in [1.807, 2.05) is 43.4 Å². The van der Waals surface area contributed by atoms with Crippen molar-refractivity contribution < 1.29 is 4.74 Å². The number of ether oxygens (including phenoxy) is 1. The van der Waals surface area contributed by atoms with E-state index in [0.29, 0.717) is 0 Å². The number of anilines is 1. The van der Waals surface area contributed by atoms with Gasteiger partial charge < -0.3 is 14.5 Å². The van der Waals surface area contributed by atoms with Crippen LogP contribution in [0.1, 0.15) is 18.1 Å². The van der Waals surface area contributed by atoms with Crippen molar-refractivity contribution in [3.8, 4) is 5.75 Å². The summed E-state index contributed by atoms with van der Waals surface area (Å²) in [4.78, 5) is 4.14. The minimum atomic E-state index is 0.856. The number of hydrogen-bond donors (Lipinski definition) is 0. The van der Waals surface area contributed by atoms with Gasteiger partial charge in [0.15, 0.2) is 0 Å². The fraction of sp³-hybridized carbons (Fsp3) is 0.154. The molecule has 0 radical (unpaired) electrons. The average Bonchev–Trinajstić information content (AvgIpc) is 2.74. The van der Waals surface area contributed by atoms with Crippen molar-refractivity contribution in [2.45, 2.75) is 6.92 Å². The third-order valence-electron chi connectivity index (χ3n) is 4.83. The number of benzene rings is 2. The Balaban J connectivity index is 1.69. The van der Waals surface area contributed by atoms with E-state index in [4.69, 9.17) is 4.74 Å². The van der Waals surface area contributed by atoms with E-state index in [1.165, 1.54) is 11.3 Å². The summed E-state index contributed by atoms with van der Waals surface area (Å²) in [6.45, 7) is 6.29. The van der Waals surface area contributed by atoms with Crippen LogP contribution >= 0.6 is 0 Å². The van der Waals surface area contributed by atoms with Crippen LogP contribution in [0.15, 0.2) is 97.0 Å². The van der Waals surface area contributed by atoms with Crippen molar-refractivity contribution in [2.24, 2.45) is 0 Å². The summed E-state index contributed by atoms with van der Waals surface area (Å²) in [6.07, 6.45) is 12.5. The second-order valence-corrected chi connectivity index (χ2v) is 7.22. The second kappa shape index (κ2) is 9.16. The molecule has 0 atom stereocenters. The van der Waals surface area contributed by atoms with E-state index < -0.39 is 0 Å². The SMILES string of the molecule is C=C1C=C(/C=C/c2ccc(N(C)C)cc2)C=CN1/C=C(\C)c1cccc(OC)c1. The maximum atomic E-state index is 5.32. The Morgan fingerprint density at radius 2 is 1.83 bits per heavy atom. The molecule has 0 spiro atoms. The molecule has 2 aromatic rings. The zero-order valence-electron chi connectivity index (χ0n) is 17.6. The van der Waals surface area contributed by atoms with Gasteiger partial charge in [0.25, 0.3) is 0 Å². The van der Waals surface area contributed by atoms with Gasteiger partial charge in [-0.05, 0) is 65.6 Å². The second-order valence-electron chi connectivity index (χ2n) is 7.22. The highest BCUT2D eigenvalue weighted by Crippen LogP contribution is 2.24. The molecular weight excluding hydrogens is 356 g/mol. The molecule has 0 unspecified atom stereocenters. The molecular formula is C26H28N2O. The predicted octanol–water partition coefficient (Wildman–Crippen LogP) is 6.10. The van der Waals surface area contributed by atoms with Gasteiger partial charge in [0.05, 0.1) is 7.11 Å². The number of rotatable bonds is 6. The highest BCUT2D eigenvalue weighted by molar-refractivity contribution is 5.66. The molecule has 0 saturated heterocycles. The Morgan fingerprint density at radius 3 is 2.48 bits per heavy atom. The molecule has 0 bridgehead atoms. The van der Waals surface area contributed by atoms with Crippen LogP contribution in [0.3, 0.4) is 0 Å². The minimum Gasteiger partial charge on any atom is -0.497 e. The number of methoxy groups -OCH3 is 1. The highest BCUT2D eigenvalue weighted by Gasteiger charge is 2.07. The van der Waals surface area contributed by atoms with Crippen molar-refractivity contribution in [3.63, 3.8) is 0 Å². The molecule has 0 saturated carbocycles. The van der Waals surface area contributed by atoms with Crippen LogP contribution in [0.4, 0.5) is 5.69 Å². The molecule has 0 N–H and O–H groups in total. The van der Waals surface area contributed by atoms with Crippen LogP contribution in [0, 0.1) is 0 Å². The quantitative estimate of drug-likeness (QED) is 0.598. The lowest BCUT2D eigenvalue weighted by Gasteiger charge is -2.21. The van der Waals surface area contributed by atoms with Crippen LogP contribution in [0.25, 0.3) is 11.6 Å². The zero-order valence-corrected chi connectivity index (χ0v) is 17.6. The first-order valence-electron chi connectivity index (χ1n) is 9.62. The lowest BCUT2D eigenvalue weighted by atomic mass is 10.1. The summed E-state index contributed by atoms with van der Waals surface area (Å²) in [6, 6.07) is 16.6. The van der Waals surface area contributed by atoms with Gasteiger partial charge in [0, 0.05) is 37.9 Å². The normalized spacial score (nSPS) is 14.3. The molecule has 29 heavy (non-hydrogen) atoms. The smallest absolute Gasteiger partial charge is 0.119 e. The lowest BCUT2D eigenvalue weighted by Crippen LogP contribution is -2.10. The van der Waals surface area contributed by atoms with Crippen LogP contribution in [0.5, 0.6) is 5.75 Å². The van der Waals surface area contributed by atoms with E-state index in [9.17, 15) is 0 Å². The third kappa shape index (κ3) is 5.29. The molecule has 3 heteroatoms. The van der Waals surface area contributed by atoms with E-state index in [1.54, 1.807) is 7.11 Å². The maximum absolute atomic E-state index is 5.32. The number of allylic oxidation sites excluding steroid dienone is 5. The molecule has 1 aliphatic heterocycles. The monoisotopic (exact) mass is 384 g/mol. The lowest BCUT2D eigenvalue weighted by molar-refractivity contribution is 0.414. The summed E-state index contributed by atoms with van der Waals surface area (Å²) in [7, 11) is 5.78. The summed E-state index contributed by atoms with van der Waals surface area (Å²) in [5, 5.41) is 0. The van der Waals surface area contributed by atoms with Crippen molar-refractivity contribution in [1.29, 1.82) is 0 Å². The van der Waals surface area contributed by atoms with Gasteiger partial charge in [0.1, 0.15) is 5.75 Å². The van der Waals surface area contributed by atoms with Gasteiger partial charge in [-0.15, -0.1) is 0 Å². The predicted molar refractivity (Wildman–Crippen MR) is 125 cm³/mol. The molecule has 1 aliphatic rings. The van der Waals surface area contributed by atoms with Gasteiger partial charge in [-0.1, -0.05) is 43.0 Å². The summed E-state index contributed by atoms with van der Waals surface area (Å²) in [5.74, 6) is 0.856. The maximum Gasteiger partial charge on any atom is 0.119 e. The first-order valence-corrected chi connectivity index (χ1v) is 9.62. The fourth-order valence-corrected chi connectivity index (χ4v) is 3.03. The van der Waals surface area contributed by atoms with E-state index in [2.05, 4.69) is 79.2 Å². The zero-order chi connectivity index (χ0) is 20.8. The summed E-state index contributed by atoms with van der Waals surface area (Å²) in [5.41, 5.74) is 6.69. The van der Waals surface area contributed by atoms with Gasteiger partial charge in [-0.25, -0.2) is 0 Å². The van der Waals surface area contributed by atoms with E-state index in [0.717, 1.165) is 28.2 Å². The van der Waals surface area contributed by atoms with Crippen molar-refractivity contribution >= 4 is 17.3 Å². The average molecular weight is 385 g/mol. The molecule has 0 fully saturated rings. The first kappa shape index (κ1) is 20.3. The third-order valence-corrected chi connectivity index (χ3v) is 4.83. The number of hydrogen-bond acceptors (Lipinski definition) is 3. The van der Waals surface area contributed by atoms with E-state index >= 15 is 0 Å². The summed E-state index contributed by atoms with van der Waals surface area (Å²) < 4.78 is 5.32. The highest BCUT2D eigenvalue weighted by atomic mass is 16.5. The first-order chi connectivity index (χ1) is 14.0. The standard InChI is InChI=1S/C26H28N2O/c1-20(24-7-6-8-26(18-24)29-5)19-28-16-15-23(17-21(28)2)10-9-22-11-13-25(14-12-22)27(3)4/h6-19H,2H2,1,3-5H3/b10-9+,20-19+. The molecule has 3 nitrogen and oxygen atoms in total. The van der Waals surface area contributed by atoms with Gasteiger partial charge in [-0.2, -0.15) is 0 Å². The topological polar surface area (TPSA) is 15.7 Å². The molecule has 0 aromatic heterocycles.